The maximum atomic E-state index is 13.0. The van der Waals surface area contributed by atoms with Gasteiger partial charge in [-0.25, -0.2) is 4.68 Å². The Morgan fingerprint density at radius 2 is 2.00 bits per heavy atom. The minimum Gasteiger partial charge on any atom is -0.345 e. The lowest BCUT2D eigenvalue weighted by molar-refractivity contribution is 0.0937. The number of carbonyl (C=O) groups is 1. The normalized spacial score (nSPS) is 16.0. The van der Waals surface area contributed by atoms with Crippen molar-refractivity contribution in [2.75, 3.05) is 0 Å². The van der Waals surface area contributed by atoms with E-state index in [-0.39, 0.29) is 11.9 Å². The average Bonchev–Trinajstić information content (AvgIpc) is 3.30. The highest BCUT2D eigenvalue weighted by Gasteiger charge is 2.24. The van der Waals surface area contributed by atoms with Crippen molar-refractivity contribution in [1.29, 1.82) is 0 Å². The molecule has 1 atom stereocenters. The number of aryl methyl sites for hydroxylation is 2. The Bertz CT molecular complexity index is 1210. The van der Waals surface area contributed by atoms with Gasteiger partial charge < -0.3 is 5.32 Å². The summed E-state index contributed by atoms with van der Waals surface area (Å²) in [4.78, 5) is 14.7. The summed E-state index contributed by atoms with van der Waals surface area (Å²) in [5, 5.41) is 9.60. The minimum absolute atomic E-state index is 0.0186. The molecule has 1 amide bonds. The van der Waals surface area contributed by atoms with Crippen molar-refractivity contribution in [1.82, 2.24) is 15.1 Å². The maximum absolute atomic E-state index is 13.0. The van der Waals surface area contributed by atoms with Crippen LogP contribution in [0.3, 0.4) is 0 Å². The zero-order chi connectivity index (χ0) is 20.0. The molecule has 1 aliphatic rings. The number of halogens is 1. The molecule has 0 bridgehead atoms. The molecule has 29 heavy (non-hydrogen) atoms. The molecule has 4 aromatic rings. The predicted octanol–water partition coefficient (Wildman–Crippen LogP) is 5.86. The summed E-state index contributed by atoms with van der Waals surface area (Å²) in [5.74, 6) is -0.0186. The molecule has 5 rings (SSSR count). The highest BCUT2D eigenvalue weighted by atomic mass is 35.5. The summed E-state index contributed by atoms with van der Waals surface area (Å²) in [6, 6.07) is 18.0. The van der Waals surface area contributed by atoms with E-state index in [9.17, 15) is 4.79 Å². The van der Waals surface area contributed by atoms with Crippen LogP contribution in [0, 0.1) is 6.92 Å². The molecule has 0 radical (unpaired) electrons. The van der Waals surface area contributed by atoms with Gasteiger partial charge in [0.1, 0.15) is 4.83 Å². The molecule has 0 unspecified atom stereocenters. The highest BCUT2D eigenvalue weighted by molar-refractivity contribution is 7.20. The molecule has 146 valence electrons. The Morgan fingerprint density at radius 1 is 1.21 bits per heavy atom. The van der Waals surface area contributed by atoms with Crippen molar-refractivity contribution in [2.45, 2.75) is 32.2 Å². The number of thiophene rings is 1. The summed E-state index contributed by atoms with van der Waals surface area (Å²) in [7, 11) is 0. The molecular formula is C23H20ClN3OS. The zero-order valence-corrected chi connectivity index (χ0v) is 17.6. The topological polar surface area (TPSA) is 46.9 Å². The van der Waals surface area contributed by atoms with Crippen molar-refractivity contribution < 1.29 is 4.79 Å². The van der Waals surface area contributed by atoms with Gasteiger partial charge in [0.2, 0.25) is 0 Å². The molecule has 2 heterocycles. The van der Waals surface area contributed by atoms with Gasteiger partial charge in [-0.05, 0) is 67.6 Å². The van der Waals surface area contributed by atoms with E-state index < -0.39 is 0 Å². The first-order chi connectivity index (χ1) is 14.1. The fourth-order valence-corrected chi connectivity index (χ4v) is 5.26. The van der Waals surface area contributed by atoms with Crippen molar-refractivity contribution >= 4 is 39.1 Å². The van der Waals surface area contributed by atoms with Crippen molar-refractivity contribution in [3.8, 4) is 5.69 Å². The third-order valence-electron chi connectivity index (χ3n) is 5.51. The van der Waals surface area contributed by atoms with Crippen molar-refractivity contribution in [3.05, 3.63) is 81.3 Å². The number of nitrogens with one attached hydrogen (secondary N) is 1. The monoisotopic (exact) mass is 421 g/mol. The molecule has 6 heteroatoms. The molecule has 0 spiro atoms. The summed E-state index contributed by atoms with van der Waals surface area (Å²) in [6.45, 7) is 1.97. The van der Waals surface area contributed by atoms with Gasteiger partial charge >= 0.3 is 0 Å². The fourth-order valence-electron chi connectivity index (χ4n) is 4.05. The number of hydrogen-bond donors (Lipinski definition) is 1. The first kappa shape index (κ1) is 18.4. The van der Waals surface area contributed by atoms with Gasteiger partial charge in [-0.3, -0.25) is 4.79 Å². The van der Waals surface area contributed by atoms with E-state index in [0.717, 1.165) is 40.9 Å². The molecule has 1 N–H and O–H groups in total. The van der Waals surface area contributed by atoms with Crippen LogP contribution in [0.15, 0.2) is 54.6 Å². The van der Waals surface area contributed by atoms with Gasteiger partial charge in [-0.1, -0.05) is 35.9 Å². The third-order valence-corrected chi connectivity index (χ3v) is 6.88. The Balaban J connectivity index is 1.46. The second kappa shape index (κ2) is 7.32. The van der Waals surface area contributed by atoms with Crippen LogP contribution < -0.4 is 5.32 Å². The van der Waals surface area contributed by atoms with Crippen LogP contribution in [0.2, 0.25) is 5.02 Å². The van der Waals surface area contributed by atoms with Gasteiger partial charge in [0.05, 0.1) is 22.3 Å². The zero-order valence-electron chi connectivity index (χ0n) is 16.0. The van der Waals surface area contributed by atoms with Crippen LogP contribution in [0.25, 0.3) is 15.9 Å². The van der Waals surface area contributed by atoms with Crippen molar-refractivity contribution in [2.24, 2.45) is 0 Å². The smallest absolute Gasteiger partial charge is 0.261 e. The Hall–Kier alpha value is -2.63. The average molecular weight is 422 g/mol. The van der Waals surface area contributed by atoms with Gasteiger partial charge in [-0.15, -0.1) is 11.3 Å². The van der Waals surface area contributed by atoms with Crippen LogP contribution >= 0.6 is 22.9 Å². The van der Waals surface area contributed by atoms with E-state index in [2.05, 4.69) is 28.6 Å². The van der Waals surface area contributed by atoms with Crippen molar-refractivity contribution in [3.63, 3.8) is 0 Å². The largest absolute Gasteiger partial charge is 0.345 e. The Kier molecular flexibility index (Phi) is 4.64. The maximum Gasteiger partial charge on any atom is 0.261 e. The summed E-state index contributed by atoms with van der Waals surface area (Å²) in [5.41, 5.74) is 4.43. The number of rotatable bonds is 3. The van der Waals surface area contributed by atoms with E-state index in [0.29, 0.717) is 9.90 Å². The van der Waals surface area contributed by atoms with E-state index >= 15 is 0 Å². The molecule has 0 saturated heterocycles. The molecule has 0 aliphatic heterocycles. The van der Waals surface area contributed by atoms with E-state index in [1.165, 1.54) is 22.5 Å². The van der Waals surface area contributed by atoms with Crippen LogP contribution in [-0.2, 0) is 6.42 Å². The number of amides is 1. The highest BCUT2D eigenvalue weighted by Crippen LogP contribution is 2.33. The molecule has 1 aliphatic carbocycles. The first-order valence-corrected chi connectivity index (χ1v) is 10.9. The molecule has 4 nitrogen and oxygen atoms in total. The third kappa shape index (κ3) is 3.34. The summed E-state index contributed by atoms with van der Waals surface area (Å²) < 4.78 is 1.89. The van der Waals surface area contributed by atoms with Gasteiger partial charge in [-0.2, -0.15) is 5.10 Å². The van der Waals surface area contributed by atoms with Gasteiger partial charge in [0, 0.05) is 10.4 Å². The molecule has 0 saturated carbocycles. The van der Waals surface area contributed by atoms with Crippen LogP contribution in [0.1, 0.15) is 45.4 Å². The number of hydrogen-bond acceptors (Lipinski definition) is 3. The van der Waals surface area contributed by atoms with Crippen LogP contribution in [0.4, 0.5) is 0 Å². The van der Waals surface area contributed by atoms with Gasteiger partial charge in [0.15, 0.2) is 0 Å². The molecule has 0 fully saturated rings. The Morgan fingerprint density at radius 3 is 2.83 bits per heavy atom. The lowest BCUT2D eigenvalue weighted by atomic mass is 9.88. The SMILES string of the molecule is Cc1nn(-c2ccc(Cl)cc2)c2sc(C(=O)N[C@@H]3CCCc4ccccc43)cc12. The minimum atomic E-state index is -0.0186. The number of aromatic nitrogens is 2. The standard InChI is InChI=1S/C23H20ClN3OS/c1-14-19-13-21(29-23(19)27(26-14)17-11-9-16(24)10-12-17)22(28)25-20-8-4-6-15-5-2-3-7-18(15)20/h2-3,5,7,9-13,20H,4,6,8H2,1H3,(H,25,28)/t20-/m1/s1. The number of nitrogens with zero attached hydrogens (tertiary/aromatic N) is 2. The number of benzene rings is 2. The number of fused-ring (bicyclic) bond motifs is 2. The van der Waals surface area contributed by atoms with E-state index in [1.807, 2.05) is 48.0 Å². The number of carbonyl (C=O) groups excluding carboxylic acids is 1. The van der Waals surface area contributed by atoms with E-state index in [4.69, 9.17) is 11.6 Å². The quantitative estimate of drug-likeness (QED) is 0.450. The molecular weight excluding hydrogens is 402 g/mol. The summed E-state index contributed by atoms with van der Waals surface area (Å²) in [6.07, 6.45) is 3.16. The van der Waals surface area contributed by atoms with E-state index in [1.54, 1.807) is 0 Å². The Labute approximate surface area is 178 Å². The van der Waals surface area contributed by atoms with Crippen LogP contribution in [-0.4, -0.2) is 15.7 Å². The lowest BCUT2D eigenvalue weighted by Crippen LogP contribution is -2.30. The fraction of sp³-hybridized carbons (Fsp3) is 0.217. The predicted molar refractivity (Wildman–Crippen MR) is 118 cm³/mol. The second-order valence-corrected chi connectivity index (χ2v) is 8.89. The second-order valence-electron chi connectivity index (χ2n) is 7.42. The summed E-state index contributed by atoms with van der Waals surface area (Å²) >= 11 is 7.49. The van der Waals surface area contributed by atoms with Gasteiger partial charge in [0.25, 0.3) is 5.91 Å². The molecule has 2 aromatic carbocycles. The first-order valence-electron chi connectivity index (χ1n) is 9.74. The lowest BCUT2D eigenvalue weighted by Gasteiger charge is -2.26. The van der Waals surface area contributed by atoms with Crippen LogP contribution in [0.5, 0.6) is 0 Å². The molecule has 2 aromatic heterocycles.